The van der Waals surface area contributed by atoms with Gasteiger partial charge >= 0.3 is 0 Å². The SMILES string of the molecule is COCO[C@@H](C)/C=C/COC(=N)C(Cl)(Cl)Cl. The van der Waals surface area contributed by atoms with Gasteiger partial charge in [0.25, 0.3) is 3.79 Å². The smallest absolute Gasteiger partial charge is 0.265 e. The van der Waals surface area contributed by atoms with Gasteiger partial charge in [-0.3, -0.25) is 5.41 Å². The van der Waals surface area contributed by atoms with E-state index in [0.29, 0.717) is 0 Å². The van der Waals surface area contributed by atoms with Crippen LogP contribution in [0.4, 0.5) is 0 Å². The number of hydrogen-bond acceptors (Lipinski definition) is 4. The Kier molecular flexibility index (Phi) is 8.14. The average Bonchev–Trinajstić information content (AvgIpc) is 2.19. The van der Waals surface area contributed by atoms with Crippen molar-refractivity contribution in [2.45, 2.75) is 16.8 Å². The second-order valence-electron chi connectivity index (χ2n) is 2.84. The summed E-state index contributed by atoms with van der Waals surface area (Å²) in [5, 5.41) is 7.23. The number of nitrogens with one attached hydrogen (secondary N) is 1. The lowest BCUT2D eigenvalue weighted by atomic mass is 10.3. The number of alkyl halides is 3. The summed E-state index contributed by atoms with van der Waals surface area (Å²) in [5.41, 5.74) is 0. The van der Waals surface area contributed by atoms with E-state index in [4.69, 9.17) is 54.4 Å². The Morgan fingerprint density at radius 3 is 2.56 bits per heavy atom. The third kappa shape index (κ3) is 8.19. The maximum absolute atomic E-state index is 7.23. The number of methoxy groups -OCH3 is 1. The maximum Gasteiger partial charge on any atom is 0.265 e. The molecule has 0 heterocycles. The van der Waals surface area contributed by atoms with Gasteiger partial charge in [0.05, 0.1) is 6.10 Å². The van der Waals surface area contributed by atoms with Crippen LogP contribution >= 0.6 is 34.8 Å². The van der Waals surface area contributed by atoms with Crippen molar-refractivity contribution in [3.63, 3.8) is 0 Å². The van der Waals surface area contributed by atoms with Gasteiger partial charge in [0.1, 0.15) is 13.4 Å². The van der Waals surface area contributed by atoms with E-state index in [0.717, 1.165) is 0 Å². The first-order valence-electron chi connectivity index (χ1n) is 4.43. The van der Waals surface area contributed by atoms with Crippen LogP contribution in [0.5, 0.6) is 0 Å². The second-order valence-corrected chi connectivity index (χ2v) is 5.13. The van der Waals surface area contributed by atoms with Crippen molar-refractivity contribution in [3.8, 4) is 0 Å². The van der Waals surface area contributed by atoms with Crippen LogP contribution in [0.3, 0.4) is 0 Å². The molecule has 0 aliphatic rings. The Balaban J connectivity index is 3.73. The highest BCUT2D eigenvalue weighted by Crippen LogP contribution is 2.27. The number of halogens is 3. The highest BCUT2D eigenvalue weighted by Gasteiger charge is 2.28. The molecule has 1 N–H and O–H groups in total. The molecule has 0 saturated carbocycles. The predicted octanol–water partition coefficient (Wildman–Crippen LogP) is 2.92. The lowest BCUT2D eigenvalue weighted by molar-refractivity contribution is -0.0496. The second kappa shape index (κ2) is 8.14. The fourth-order valence-electron chi connectivity index (χ4n) is 0.691. The summed E-state index contributed by atoms with van der Waals surface area (Å²) >= 11 is 16.2. The lowest BCUT2D eigenvalue weighted by Crippen LogP contribution is -2.21. The van der Waals surface area contributed by atoms with E-state index in [1.807, 2.05) is 6.92 Å². The molecule has 0 amide bonds. The molecule has 0 aliphatic carbocycles. The molecular formula is C9H14Cl3NO3. The third-order valence-electron chi connectivity index (χ3n) is 1.44. The highest BCUT2D eigenvalue weighted by atomic mass is 35.6. The normalized spacial score (nSPS) is 14.1. The summed E-state index contributed by atoms with van der Waals surface area (Å²) in [6.45, 7) is 2.21. The van der Waals surface area contributed by atoms with E-state index < -0.39 is 9.69 Å². The molecule has 1 atom stereocenters. The molecule has 0 fully saturated rings. The fraction of sp³-hybridized carbons (Fsp3) is 0.667. The largest absolute Gasteiger partial charge is 0.474 e. The molecule has 0 aromatic rings. The number of ether oxygens (including phenoxy) is 3. The molecule has 0 aliphatic heterocycles. The molecule has 7 heteroatoms. The summed E-state index contributed by atoms with van der Waals surface area (Å²) in [4.78, 5) is 0. The van der Waals surface area contributed by atoms with E-state index >= 15 is 0 Å². The Morgan fingerprint density at radius 1 is 1.44 bits per heavy atom. The Hall–Kier alpha value is -0.000000000000000111. The lowest BCUT2D eigenvalue weighted by Gasteiger charge is -2.12. The van der Waals surface area contributed by atoms with Crippen molar-refractivity contribution in [2.24, 2.45) is 0 Å². The van der Waals surface area contributed by atoms with Crippen molar-refractivity contribution >= 4 is 40.7 Å². The van der Waals surface area contributed by atoms with Gasteiger partial charge in [0.15, 0.2) is 0 Å². The molecule has 0 radical (unpaired) electrons. The fourth-order valence-corrected chi connectivity index (χ4v) is 0.855. The Bertz CT molecular complexity index is 241. The minimum absolute atomic E-state index is 0.106. The first kappa shape index (κ1) is 16.0. The zero-order valence-corrected chi connectivity index (χ0v) is 11.3. The summed E-state index contributed by atoms with van der Waals surface area (Å²) in [6.07, 6.45) is 3.32. The van der Waals surface area contributed by atoms with Gasteiger partial charge in [-0.2, -0.15) is 0 Å². The molecular weight excluding hydrogens is 276 g/mol. The zero-order chi connectivity index (χ0) is 12.6. The number of hydrogen-bond donors (Lipinski definition) is 1. The minimum Gasteiger partial charge on any atom is -0.474 e. The van der Waals surface area contributed by atoms with E-state index in [-0.39, 0.29) is 19.5 Å². The van der Waals surface area contributed by atoms with Gasteiger partial charge in [-0.25, -0.2) is 0 Å². The van der Waals surface area contributed by atoms with Crippen LogP contribution in [0.15, 0.2) is 12.2 Å². The Labute approximate surface area is 110 Å². The summed E-state index contributed by atoms with van der Waals surface area (Å²) < 4.78 is 13.0. The van der Waals surface area contributed by atoms with Crippen LogP contribution in [0.25, 0.3) is 0 Å². The molecule has 4 nitrogen and oxygen atoms in total. The standard InChI is InChI=1S/C9H14Cl3NO3/c1-7(16-6-14-2)4-3-5-15-8(13)9(10,11)12/h3-4,7,13H,5-6H2,1-2H3/b4-3+,13-8?/t7-/m0/s1. The highest BCUT2D eigenvalue weighted by molar-refractivity contribution is 6.76. The van der Waals surface area contributed by atoms with E-state index in [1.165, 1.54) is 0 Å². The first-order valence-corrected chi connectivity index (χ1v) is 5.57. The van der Waals surface area contributed by atoms with Gasteiger partial charge in [-0.05, 0) is 13.0 Å². The van der Waals surface area contributed by atoms with Gasteiger partial charge in [-0.1, -0.05) is 40.9 Å². The molecule has 0 aromatic heterocycles. The maximum atomic E-state index is 7.23. The summed E-state index contributed by atoms with van der Waals surface area (Å²) in [6, 6.07) is 0. The van der Waals surface area contributed by atoms with Crippen molar-refractivity contribution in [1.82, 2.24) is 0 Å². The molecule has 16 heavy (non-hydrogen) atoms. The molecule has 0 bridgehead atoms. The molecule has 0 rings (SSSR count). The molecule has 0 aromatic carbocycles. The van der Waals surface area contributed by atoms with E-state index in [9.17, 15) is 0 Å². The van der Waals surface area contributed by atoms with Crippen molar-refractivity contribution in [2.75, 3.05) is 20.5 Å². The average molecular weight is 291 g/mol. The van der Waals surface area contributed by atoms with E-state index in [2.05, 4.69) is 0 Å². The van der Waals surface area contributed by atoms with Crippen molar-refractivity contribution in [1.29, 1.82) is 5.41 Å². The molecule has 0 saturated heterocycles. The zero-order valence-electron chi connectivity index (χ0n) is 9.00. The topological polar surface area (TPSA) is 51.5 Å². The van der Waals surface area contributed by atoms with Crippen LogP contribution in [-0.2, 0) is 14.2 Å². The first-order chi connectivity index (χ1) is 7.38. The van der Waals surface area contributed by atoms with Crippen molar-refractivity contribution in [3.05, 3.63) is 12.2 Å². The summed E-state index contributed by atoms with van der Waals surface area (Å²) in [5.74, 6) is -0.410. The third-order valence-corrected chi connectivity index (χ3v) is 1.95. The van der Waals surface area contributed by atoms with Gasteiger partial charge in [0.2, 0.25) is 5.90 Å². The predicted molar refractivity (Wildman–Crippen MR) is 65.5 cm³/mol. The quantitative estimate of drug-likeness (QED) is 0.269. The van der Waals surface area contributed by atoms with Crippen LogP contribution in [-0.4, -0.2) is 36.3 Å². The van der Waals surface area contributed by atoms with Crippen LogP contribution in [0.1, 0.15) is 6.92 Å². The van der Waals surface area contributed by atoms with Crippen LogP contribution in [0, 0.1) is 5.41 Å². The molecule has 0 spiro atoms. The summed E-state index contributed by atoms with van der Waals surface area (Å²) in [7, 11) is 1.54. The Morgan fingerprint density at radius 2 is 2.06 bits per heavy atom. The molecule has 0 unspecified atom stereocenters. The number of rotatable bonds is 6. The van der Waals surface area contributed by atoms with Gasteiger partial charge in [-0.15, -0.1) is 0 Å². The van der Waals surface area contributed by atoms with Crippen LogP contribution < -0.4 is 0 Å². The van der Waals surface area contributed by atoms with Gasteiger partial charge in [0, 0.05) is 7.11 Å². The van der Waals surface area contributed by atoms with E-state index in [1.54, 1.807) is 19.3 Å². The monoisotopic (exact) mass is 289 g/mol. The van der Waals surface area contributed by atoms with Gasteiger partial charge < -0.3 is 14.2 Å². The molecule has 94 valence electrons. The minimum atomic E-state index is -1.81. The van der Waals surface area contributed by atoms with Crippen molar-refractivity contribution < 1.29 is 14.2 Å². The van der Waals surface area contributed by atoms with Crippen LogP contribution in [0.2, 0.25) is 0 Å².